The lowest BCUT2D eigenvalue weighted by molar-refractivity contribution is 0.0270. The number of aromatic nitrogens is 2. The minimum absolute atomic E-state index is 0.603. The molecule has 0 aliphatic heterocycles. The van der Waals surface area contributed by atoms with Crippen LogP contribution in [0.2, 0.25) is 0 Å². The first-order valence-electron chi connectivity index (χ1n) is 5.79. The van der Waals surface area contributed by atoms with E-state index in [1.165, 1.54) is 5.56 Å². The maximum atomic E-state index is 5.36. The molecule has 0 aliphatic rings. The van der Waals surface area contributed by atoms with E-state index in [2.05, 4.69) is 15.0 Å². The van der Waals surface area contributed by atoms with Gasteiger partial charge in [0.05, 0.1) is 12.9 Å². The standard InChI is InChI=1S/C13H17N3O/c1-2-5-13(6-3-1)11-17-15-7-4-9-16-10-8-14-12-16/h1-3,5-6,8,10,12,15H,4,7,9,11H2. The molecule has 0 saturated carbocycles. The van der Waals surface area contributed by atoms with Crippen molar-refractivity contribution in [3.05, 3.63) is 54.6 Å². The van der Waals surface area contributed by atoms with Gasteiger partial charge in [0, 0.05) is 25.5 Å². The van der Waals surface area contributed by atoms with Gasteiger partial charge < -0.3 is 4.57 Å². The predicted octanol–water partition coefficient (Wildman–Crippen LogP) is 1.99. The van der Waals surface area contributed by atoms with Gasteiger partial charge in [-0.1, -0.05) is 30.3 Å². The number of benzene rings is 1. The Bertz CT molecular complexity index is 400. The summed E-state index contributed by atoms with van der Waals surface area (Å²) in [5.74, 6) is 0. The number of hydrogen-bond acceptors (Lipinski definition) is 3. The summed E-state index contributed by atoms with van der Waals surface area (Å²) in [4.78, 5) is 9.35. The van der Waals surface area contributed by atoms with Gasteiger partial charge in [-0.05, 0) is 12.0 Å². The predicted molar refractivity (Wildman–Crippen MR) is 66.1 cm³/mol. The first-order chi connectivity index (χ1) is 8.45. The first-order valence-corrected chi connectivity index (χ1v) is 5.79. The number of nitrogens with zero attached hydrogens (tertiary/aromatic N) is 2. The fourth-order valence-electron chi connectivity index (χ4n) is 1.53. The van der Waals surface area contributed by atoms with Crippen LogP contribution in [-0.2, 0) is 18.0 Å². The summed E-state index contributed by atoms with van der Waals surface area (Å²) in [5.41, 5.74) is 4.14. The number of hydrogen-bond donors (Lipinski definition) is 1. The summed E-state index contributed by atoms with van der Waals surface area (Å²) in [6, 6.07) is 10.1. The van der Waals surface area contributed by atoms with E-state index in [1.807, 2.05) is 42.9 Å². The van der Waals surface area contributed by atoms with E-state index in [4.69, 9.17) is 4.84 Å². The molecule has 0 amide bonds. The molecule has 0 atom stereocenters. The third-order valence-electron chi connectivity index (χ3n) is 2.44. The molecule has 0 fully saturated rings. The zero-order valence-electron chi connectivity index (χ0n) is 9.75. The van der Waals surface area contributed by atoms with Gasteiger partial charge in [0.2, 0.25) is 0 Å². The summed E-state index contributed by atoms with van der Waals surface area (Å²) in [6.45, 7) is 2.40. The second-order valence-electron chi connectivity index (χ2n) is 3.82. The summed E-state index contributed by atoms with van der Waals surface area (Å²) in [6.07, 6.45) is 6.60. The van der Waals surface area contributed by atoms with Gasteiger partial charge in [0.15, 0.2) is 0 Å². The maximum Gasteiger partial charge on any atom is 0.0945 e. The molecular formula is C13H17N3O. The highest BCUT2D eigenvalue weighted by atomic mass is 16.6. The highest BCUT2D eigenvalue weighted by Gasteiger charge is 1.92. The largest absolute Gasteiger partial charge is 0.337 e. The van der Waals surface area contributed by atoms with E-state index in [9.17, 15) is 0 Å². The van der Waals surface area contributed by atoms with E-state index in [-0.39, 0.29) is 0 Å². The zero-order valence-corrected chi connectivity index (χ0v) is 9.75. The van der Waals surface area contributed by atoms with Crippen LogP contribution in [0.4, 0.5) is 0 Å². The average Bonchev–Trinajstić information content (AvgIpc) is 2.88. The fraction of sp³-hybridized carbons (Fsp3) is 0.308. The fourth-order valence-corrected chi connectivity index (χ4v) is 1.53. The van der Waals surface area contributed by atoms with Crippen LogP contribution in [0, 0.1) is 0 Å². The number of nitrogens with one attached hydrogen (secondary N) is 1. The van der Waals surface area contributed by atoms with Gasteiger partial charge in [-0.2, -0.15) is 0 Å². The molecule has 2 aromatic rings. The van der Waals surface area contributed by atoms with Crippen molar-refractivity contribution in [2.24, 2.45) is 0 Å². The lowest BCUT2D eigenvalue weighted by Crippen LogP contribution is -2.17. The minimum Gasteiger partial charge on any atom is -0.337 e. The lowest BCUT2D eigenvalue weighted by atomic mass is 10.2. The van der Waals surface area contributed by atoms with Crippen molar-refractivity contribution in [3.8, 4) is 0 Å². The molecule has 4 nitrogen and oxygen atoms in total. The van der Waals surface area contributed by atoms with Crippen molar-refractivity contribution >= 4 is 0 Å². The molecule has 0 saturated heterocycles. The van der Waals surface area contributed by atoms with Crippen molar-refractivity contribution < 1.29 is 4.84 Å². The Morgan fingerprint density at radius 3 is 2.88 bits per heavy atom. The van der Waals surface area contributed by atoms with Gasteiger partial charge in [-0.15, -0.1) is 0 Å². The van der Waals surface area contributed by atoms with Gasteiger partial charge in [0.25, 0.3) is 0 Å². The second kappa shape index (κ2) is 6.83. The number of rotatable bonds is 7. The molecule has 1 N–H and O–H groups in total. The van der Waals surface area contributed by atoms with Crippen LogP contribution >= 0.6 is 0 Å². The third-order valence-corrected chi connectivity index (χ3v) is 2.44. The Labute approximate surface area is 101 Å². The second-order valence-corrected chi connectivity index (χ2v) is 3.82. The highest BCUT2D eigenvalue weighted by Crippen LogP contribution is 1.98. The SMILES string of the molecule is c1ccc(CONCCCn2ccnc2)cc1. The van der Waals surface area contributed by atoms with Crippen LogP contribution in [-0.4, -0.2) is 16.1 Å². The molecule has 0 spiro atoms. The Hall–Kier alpha value is -1.65. The molecule has 1 aromatic heterocycles. The van der Waals surface area contributed by atoms with Crippen molar-refractivity contribution in [2.75, 3.05) is 6.54 Å². The topological polar surface area (TPSA) is 39.1 Å². The zero-order chi connectivity index (χ0) is 11.8. The van der Waals surface area contributed by atoms with Crippen LogP contribution in [0.25, 0.3) is 0 Å². The minimum atomic E-state index is 0.603. The molecule has 0 bridgehead atoms. The Morgan fingerprint density at radius 2 is 2.12 bits per heavy atom. The van der Waals surface area contributed by atoms with E-state index < -0.39 is 0 Å². The third kappa shape index (κ3) is 4.38. The van der Waals surface area contributed by atoms with Crippen molar-refractivity contribution in [2.45, 2.75) is 19.6 Å². The lowest BCUT2D eigenvalue weighted by Gasteiger charge is -2.06. The first kappa shape index (κ1) is 11.8. The Morgan fingerprint density at radius 1 is 1.24 bits per heavy atom. The maximum absolute atomic E-state index is 5.36. The number of hydroxylamine groups is 1. The smallest absolute Gasteiger partial charge is 0.0945 e. The van der Waals surface area contributed by atoms with E-state index in [0.717, 1.165) is 19.5 Å². The highest BCUT2D eigenvalue weighted by molar-refractivity contribution is 5.13. The molecule has 0 radical (unpaired) electrons. The molecule has 2 rings (SSSR count). The molecule has 90 valence electrons. The van der Waals surface area contributed by atoms with Crippen LogP contribution in [0.3, 0.4) is 0 Å². The summed E-state index contributed by atoms with van der Waals surface area (Å²) >= 11 is 0. The van der Waals surface area contributed by atoms with Gasteiger partial charge in [-0.25, -0.2) is 10.5 Å². The van der Waals surface area contributed by atoms with Crippen molar-refractivity contribution in [1.29, 1.82) is 0 Å². The molecule has 0 aliphatic carbocycles. The van der Waals surface area contributed by atoms with Crippen molar-refractivity contribution in [1.82, 2.24) is 15.0 Å². The van der Waals surface area contributed by atoms with E-state index in [0.29, 0.717) is 6.61 Å². The molecule has 1 heterocycles. The molecule has 0 unspecified atom stereocenters. The van der Waals surface area contributed by atoms with Crippen LogP contribution in [0.15, 0.2) is 49.1 Å². The average molecular weight is 231 g/mol. The van der Waals surface area contributed by atoms with Crippen LogP contribution < -0.4 is 5.48 Å². The van der Waals surface area contributed by atoms with E-state index in [1.54, 1.807) is 6.20 Å². The molecular weight excluding hydrogens is 214 g/mol. The monoisotopic (exact) mass is 231 g/mol. The number of imidazole rings is 1. The molecule has 17 heavy (non-hydrogen) atoms. The summed E-state index contributed by atoms with van der Waals surface area (Å²) in [5, 5.41) is 0. The Balaban J connectivity index is 1.52. The number of aryl methyl sites for hydroxylation is 1. The van der Waals surface area contributed by atoms with Crippen molar-refractivity contribution in [3.63, 3.8) is 0 Å². The van der Waals surface area contributed by atoms with Gasteiger partial charge in [0.1, 0.15) is 0 Å². The Kier molecular flexibility index (Phi) is 4.75. The van der Waals surface area contributed by atoms with Crippen LogP contribution in [0.5, 0.6) is 0 Å². The van der Waals surface area contributed by atoms with Gasteiger partial charge in [-0.3, -0.25) is 4.84 Å². The molecule has 4 heteroatoms. The van der Waals surface area contributed by atoms with Gasteiger partial charge >= 0.3 is 0 Å². The summed E-state index contributed by atoms with van der Waals surface area (Å²) < 4.78 is 2.05. The van der Waals surface area contributed by atoms with Crippen LogP contribution in [0.1, 0.15) is 12.0 Å². The van der Waals surface area contributed by atoms with E-state index >= 15 is 0 Å². The quantitative estimate of drug-likeness (QED) is 0.585. The molecule has 1 aromatic carbocycles. The summed E-state index contributed by atoms with van der Waals surface area (Å²) in [7, 11) is 0. The normalized spacial score (nSPS) is 10.6.